The molecule has 40 heavy (non-hydrogen) atoms. The number of methoxy groups -OCH3 is 1. The number of rotatable bonds is 7. The van der Waals surface area contributed by atoms with E-state index in [1.165, 1.54) is 12.0 Å². The molecule has 0 aromatic heterocycles. The Kier molecular flexibility index (Phi) is 7.73. The molecule has 0 atom stereocenters. The van der Waals surface area contributed by atoms with Crippen LogP contribution in [0.15, 0.2) is 114 Å². The van der Waals surface area contributed by atoms with Gasteiger partial charge in [0, 0.05) is 23.6 Å². The van der Waals surface area contributed by atoms with Gasteiger partial charge in [-0.25, -0.2) is 4.79 Å². The summed E-state index contributed by atoms with van der Waals surface area (Å²) in [6.45, 7) is 4.10. The third kappa shape index (κ3) is 5.49. The number of carbonyl (C=O) groups is 2. The van der Waals surface area contributed by atoms with Gasteiger partial charge in [-0.2, -0.15) is 4.99 Å². The van der Waals surface area contributed by atoms with Crippen molar-refractivity contribution in [2.45, 2.75) is 13.8 Å². The largest absolute Gasteiger partial charge is 0.465 e. The highest BCUT2D eigenvalue weighted by atomic mass is 16.5. The first-order valence-electron chi connectivity index (χ1n) is 13.0. The minimum Gasteiger partial charge on any atom is -0.465 e. The Labute approximate surface area is 233 Å². The first kappa shape index (κ1) is 26.4. The summed E-state index contributed by atoms with van der Waals surface area (Å²) < 4.78 is 10.8. The minimum atomic E-state index is -0.511. The molecule has 1 aliphatic heterocycles. The number of hydrogen-bond donors (Lipinski definition) is 0. The van der Waals surface area contributed by atoms with E-state index >= 15 is 0 Å². The number of benzene rings is 4. The van der Waals surface area contributed by atoms with Gasteiger partial charge in [0.2, 0.25) is 0 Å². The Morgan fingerprint density at radius 2 is 1.50 bits per heavy atom. The summed E-state index contributed by atoms with van der Waals surface area (Å²) >= 11 is 0. The average molecular weight is 532 g/mol. The summed E-state index contributed by atoms with van der Waals surface area (Å²) in [5.41, 5.74) is 5.44. The van der Waals surface area contributed by atoms with E-state index in [9.17, 15) is 9.59 Å². The van der Waals surface area contributed by atoms with Crippen molar-refractivity contribution >= 4 is 46.7 Å². The Morgan fingerprint density at radius 3 is 2.08 bits per heavy atom. The van der Waals surface area contributed by atoms with E-state index in [2.05, 4.69) is 34.2 Å². The molecule has 0 radical (unpaired) electrons. The summed E-state index contributed by atoms with van der Waals surface area (Å²) in [5.74, 6) is -0.654. The third-order valence-corrected chi connectivity index (χ3v) is 6.46. The normalized spacial score (nSPS) is 14.9. The van der Waals surface area contributed by atoms with Crippen molar-refractivity contribution in [3.63, 3.8) is 0 Å². The number of aliphatic imine (C=N–C) groups is 1. The van der Waals surface area contributed by atoms with Crippen LogP contribution in [0.1, 0.15) is 28.4 Å². The fraction of sp³-hybridized carbons (Fsp3) is 0.121. The van der Waals surface area contributed by atoms with E-state index in [4.69, 9.17) is 9.47 Å². The molecular formula is C33H29N3O4. The lowest BCUT2D eigenvalue weighted by atomic mass is 10.1. The Balaban J connectivity index is 1.45. The number of carbonyl (C=O) groups excluding carboxylic acids is 2. The molecule has 0 N–H and O–H groups in total. The number of esters is 1. The molecular weight excluding hydrogens is 502 g/mol. The van der Waals surface area contributed by atoms with Gasteiger partial charge < -0.3 is 14.4 Å². The molecule has 7 heteroatoms. The smallest absolute Gasteiger partial charge is 0.340 e. The van der Waals surface area contributed by atoms with Gasteiger partial charge in [-0.3, -0.25) is 9.69 Å². The zero-order valence-electron chi connectivity index (χ0n) is 22.6. The molecule has 7 nitrogen and oxygen atoms in total. The van der Waals surface area contributed by atoms with Crippen molar-refractivity contribution in [3.05, 3.63) is 126 Å². The van der Waals surface area contributed by atoms with Crippen molar-refractivity contribution in [1.29, 1.82) is 0 Å². The monoisotopic (exact) mass is 531 g/mol. The van der Waals surface area contributed by atoms with Crippen LogP contribution in [0.4, 0.5) is 22.7 Å². The second-order valence-corrected chi connectivity index (χ2v) is 9.16. The van der Waals surface area contributed by atoms with Crippen LogP contribution < -0.4 is 4.90 Å². The topological polar surface area (TPSA) is 71.4 Å². The molecule has 5 rings (SSSR count). The highest BCUT2D eigenvalue weighted by Gasteiger charge is 2.34. The molecule has 0 saturated carbocycles. The zero-order chi connectivity index (χ0) is 28.1. The Hall–Kier alpha value is -5.17. The van der Waals surface area contributed by atoms with Crippen molar-refractivity contribution in [3.8, 4) is 0 Å². The molecule has 0 bridgehead atoms. The van der Waals surface area contributed by atoms with Gasteiger partial charge in [0.25, 0.3) is 5.91 Å². The predicted molar refractivity (Wildman–Crippen MR) is 157 cm³/mol. The lowest BCUT2D eigenvalue weighted by molar-refractivity contribution is -0.122. The number of amides is 1. The van der Waals surface area contributed by atoms with Crippen LogP contribution >= 0.6 is 0 Å². The van der Waals surface area contributed by atoms with Crippen molar-refractivity contribution in [2.24, 2.45) is 4.99 Å². The van der Waals surface area contributed by atoms with E-state index in [-0.39, 0.29) is 17.7 Å². The number of hydrogen-bond acceptors (Lipinski definition) is 6. The number of anilines is 3. The molecule has 1 saturated heterocycles. The molecule has 4 aromatic rings. The summed E-state index contributed by atoms with van der Waals surface area (Å²) in [7, 11) is 1.32. The molecule has 1 amide bonds. The van der Waals surface area contributed by atoms with Gasteiger partial charge in [-0.05, 0) is 79.6 Å². The van der Waals surface area contributed by atoms with Crippen molar-refractivity contribution in [1.82, 2.24) is 4.90 Å². The van der Waals surface area contributed by atoms with Gasteiger partial charge >= 0.3 is 12.0 Å². The third-order valence-electron chi connectivity index (χ3n) is 6.46. The summed E-state index contributed by atoms with van der Waals surface area (Å²) in [6, 6.07) is 33.5. The molecule has 200 valence electrons. The SMILES string of the molecule is CCN1C(=O)/C(=C\c2ccc(N(c3ccccc3)c3ccccc3)cc2)OC1=Nc1cc(C)ccc1C(=O)OC. The molecule has 0 unspecified atom stereocenters. The molecule has 1 heterocycles. The van der Waals surface area contributed by atoms with Crippen molar-refractivity contribution in [2.75, 3.05) is 18.6 Å². The van der Waals surface area contributed by atoms with Crippen LogP contribution in [-0.4, -0.2) is 36.5 Å². The zero-order valence-corrected chi connectivity index (χ0v) is 22.6. The predicted octanol–water partition coefficient (Wildman–Crippen LogP) is 7.16. The van der Waals surface area contributed by atoms with Crippen LogP contribution in [0.2, 0.25) is 0 Å². The Morgan fingerprint density at radius 1 is 0.900 bits per heavy atom. The highest BCUT2D eigenvalue weighted by Crippen LogP contribution is 2.34. The van der Waals surface area contributed by atoms with E-state index in [0.29, 0.717) is 17.8 Å². The highest BCUT2D eigenvalue weighted by molar-refractivity contribution is 6.12. The molecule has 4 aromatic carbocycles. The number of amidine groups is 1. The van der Waals surface area contributed by atoms with Gasteiger partial charge in [0.1, 0.15) is 0 Å². The second kappa shape index (κ2) is 11.7. The van der Waals surface area contributed by atoms with E-state index in [0.717, 1.165) is 28.2 Å². The standard InChI is InChI=1S/C33H29N3O4/c1-4-35-31(37)30(40-33(35)34-29-21-23(2)15-20-28(29)32(38)39-3)22-24-16-18-27(19-17-24)36(25-11-7-5-8-12-25)26-13-9-6-10-14-26/h5-22H,4H2,1-3H3/b30-22+,34-33?. The van der Waals surface area contributed by atoms with Crippen molar-refractivity contribution < 1.29 is 19.1 Å². The lowest BCUT2D eigenvalue weighted by Gasteiger charge is -2.25. The minimum absolute atomic E-state index is 0.116. The quantitative estimate of drug-likeness (QED) is 0.187. The maximum absolute atomic E-state index is 13.2. The van der Waals surface area contributed by atoms with Gasteiger partial charge in [-0.1, -0.05) is 54.6 Å². The van der Waals surface area contributed by atoms with Gasteiger partial charge in [0.05, 0.1) is 18.4 Å². The number of aryl methyl sites for hydroxylation is 1. The van der Waals surface area contributed by atoms with Crippen LogP contribution in [0.5, 0.6) is 0 Å². The van der Waals surface area contributed by atoms with Crippen LogP contribution in [0.25, 0.3) is 6.08 Å². The number of likely N-dealkylation sites (N-methyl/N-ethyl adjacent to an activating group) is 1. The first-order valence-corrected chi connectivity index (χ1v) is 13.0. The number of nitrogens with zero attached hydrogens (tertiary/aromatic N) is 3. The van der Waals surface area contributed by atoms with Crippen LogP contribution in [0.3, 0.4) is 0 Å². The average Bonchev–Trinajstić information content (AvgIpc) is 3.28. The van der Waals surface area contributed by atoms with E-state index in [1.54, 1.807) is 24.3 Å². The van der Waals surface area contributed by atoms with Gasteiger partial charge in [-0.15, -0.1) is 0 Å². The summed E-state index contributed by atoms with van der Waals surface area (Å²) in [4.78, 5) is 33.6. The number of para-hydroxylation sites is 2. The fourth-order valence-electron chi connectivity index (χ4n) is 4.46. The maximum atomic E-state index is 13.2. The van der Waals surface area contributed by atoms with E-state index in [1.807, 2.05) is 74.5 Å². The van der Waals surface area contributed by atoms with Crippen LogP contribution in [-0.2, 0) is 14.3 Å². The first-order chi connectivity index (χ1) is 19.5. The fourth-order valence-corrected chi connectivity index (χ4v) is 4.46. The van der Waals surface area contributed by atoms with E-state index < -0.39 is 5.97 Å². The summed E-state index contributed by atoms with van der Waals surface area (Å²) in [5, 5.41) is 0. The number of ether oxygens (including phenoxy) is 2. The lowest BCUT2D eigenvalue weighted by Crippen LogP contribution is -2.29. The van der Waals surface area contributed by atoms with Crippen LogP contribution in [0, 0.1) is 6.92 Å². The molecule has 1 fully saturated rings. The second-order valence-electron chi connectivity index (χ2n) is 9.16. The summed E-state index contributed by atoms with van der Waals surface area (Å²) in [6.07, 6.45) is 1.70. The molecule has 0 aliphatic carbocycles. The molecule has 1 aliphatic rings. The van der Waals surface area contributed by atoms with Gasteiger partial charge in [0.15, 0.2) is 5.76 Å². The molecule has 0 spiro atoms. The maximum Gasteiger partial charge on any atom is 0.340 e. The Bertz CT molecular complexity index is 1540.